The second kappa shape index (κ2) is 5.87. The number of esters is 1. The number of ether oxygens (including phenoxy) is 1. The number of carbonyl (C=O) groups is 1. The summed E-state index contributed by atoms with van der Waals surface area (Å²) in [5, 5.41) is 0. The van der Waals surface area contributed by atoms with E-state index >= 15 is 0 Å². The molecule has 0 spiro atoms. The molecule has 0 unspecified atom stereocenters. The van der Waals surface area contributed by atoms with E-state index in [1.807, 2.05) is 11.9 Å². The van der Waals surface area contributed by atoms with Gasteiger partial charge in [0.2, 0.25) is 0 Å². The molecule has 0 aliphatic heterocycles. The standard InChI is InChI=1S/C17H20N2O2/c1-11-5-8-15(12(2)9-11)19(3)16-10-13(17(20)21-4)6-7-14(16)18/h5-10H,18H2,1-4H3. The molecule has 4 nitrogen and oxygen atoms in total. The molecule has 0 fully saturated rings. The van der Waals surface area contributed by atoms with Gasteiger partial charge < -0.3 is 15.4 Å². The van der Waals surface area contributed by atoms with E-state index in [0.717, 1.165) is 16.9 Å². The Morgan fingerprint density at radius 2 is 1.81 bits per heavy atom. The van der Waals surface area contributed by atoms with Crippen LogP contribution in [0, 0.1) is 13.8 Å². The maximum Gasteiger partial charge on any atom is 0.337 e. The van der Waals surface area contributed by atoms with Gasteiger partial charge in [-0.3, -0.25) is 0 Å². The molecule has 110 valence electrons. The number of anilines is 3. The third-order valence-corrected chi connectivity index (χ3v) is 3.53. The number of hydrogen-bond acceptors (Lipinski definition) is 4. The van der Waals surface area contributed by atoms with Gasteiger partial charge in [-0.15, -0.1) is 0 Å². The number of carbonyl (C=O) groups excluding carboxylic acids is 1. The highest BCUT2D eigenvalue weighted by molar-refractivity contribution is 5.92. The van der Waals surface area contributed by atoms with E-state index in [0.29, 0.717) is 11.3 Å². The Kier molecular flexibility index (Phi) is 4.17. The van der Waals surface area contributed by atoms with Crippen molar-refractivity contribution < 1.29 is 9.53 Å². The third kappa shape index (κ3) is 2.99. The van der Waals surface area contributed by atoms with Crippen LogP contribution in [0.15, 0.2) is 36.4 Å². The van der Waals surface area contributed by atoms with Gasteiger partial charge in [0.25, 0.3) is 0 Å². The molecule has 2 rings (SSSR count). The molecular formula is C17H20N2O2. The monoisotopic (exact) mass is 284 g/mol. The fourth-order valence-corrected chi connectivity index (χ4v) is 2.39. The predicted molar refractivity (Wildman–Crippen MR) is 86.2 cm³/mol. The van der Waals surface area contributed by atoms with Crippen molar-refractivity contribution in [2.45, 2.75) is 13.8 Å². The molecule has 0 atom stereocenters. The van der Waals surface area contributed by atoms with Crippen molar-refractivity contribution >= 4 is 23.0 Å². The first-order chi connectivity index (χ1) is 9.93. The molecule has 0 aliphatic carbocycles. The second-order valence-corrected chi connectivity index (χ2v) is 5.11. The van der Waals surface area contributed by atoms with Crippen LogP contribution in [0.3, 0.4) is 0 Å². The number of rotatable bonds is 3. The number of aryl methyl sites for hydroxylation is 2. The molecular weight excluding hydrogens is 264 g/mol. The van der Waals surface area contributed by atoms with Crippen molar-refractivity contribution in [3.05, 3.63) is 53.1 Å². The van der Waals surface area contributed by atoms with Crippen molar-refractivity contribution in [3.63, 3.8) is 0 Å². The predicted octanol–water partition coefficient (Wildman–Crippen LogP) is 3.44. The van der Waals surface area contributed by atoms with E-state index in [1.54, 1.807) is 18.2 Å². The van der Waals surface area contributed by atoms with Crippen molar-refractivity contribution in [2.75, 3.05) is 24.8 Å². The van der Waals surface area contributed by atoms with E-state index in [-0.39, 0.29) is 5.97 Å². The number of methoxy groups -OCH3 is 1. The molecule has 0 saturated carbocycles. The Balaban J connectivity index is 2.47. The quantitative estimate of drug-likeness (QED) is 0.693. The van der Waals surface area contributed by atoms with Crippen LogP contribution >= 0.6 is 0 Å². The highest BCUT2D eigenvalue weighted by Crippen LogP contribution is 2.32. The van der Waals surface area contributed by atoms with Gasteiger partial charge in [0.05, 0.1) is 24.0 Å². The van der Waals surface area contributed by atoms with Gasteiger partial charge in [-0.25, -0.2) is 4.79 Å². The van der Waals surface area contributed by atoms with Crippen LogP contribution in [0.2, 0.25) is 0 Å². The number of nitrogen functional groups attached to an aromatic ring is 1. The fraction of sp³-hybridized carbons (Fsp3) is 0.235. The van der Waals surface area contributed by atoms with Crippen molar-refractivity contribution in [2.24, 2.45) is 0 Å². The third-order valence-electron chi connectivity index (χ3n) is 3.53. The first-order valence-electron chi connectivity index (χ1n) is 6.73. The lowest BCUT2D eigenvalue weighted by Crippen LogP contribution is -2.14. The Morgan fingerprint density at radius 1 is 1.10 bits per heavy atom. The largest absolute Gasteiger partial charge is 0.465 e. The minimum Gasteiger partial charge on any atom is -0.465 e. The van der Waals surface area contributed by atoms with Crippen LogP contribution in [-0.2, 0) is 4.74 Å². The Labute approximate surface area is 125 Å². The molecule has 0 heterocycles. The van der Waals surface area contributed by atoms with E-state index in [9.17, 15) is 4.79 Å². The van der Waals surface area contributed by atoms with E-state index in [4.69, 9.17) is 10.5 Å². The van der Waals surface area contributed by atoms with Gasteiger partial charge in [-0.05, 0) is 43.7 Å². The number of nitrogens with two attached hydrogens (primary N) is 1. The smallest absolute Gasteiger partial charge is 0.337 e. The zero-order valence-corrected chi connectivity index (χ0v) is 12.8. The number of nitrogens with zero attached hydrogens (tertiary/aromatic N) is 1. The van der Waals surface area contributed by atoms with Crippen LogP contribution in [0.25, 0.3) is 0 Å². The van der Waals surface area contributed by atoms with Crippen LogP contribution in [0.1, 0.15) is 21.5 Å². The van der Waals surface area contributed by atoms with Gasteiger partial charge in [0.15, 0.2) is 0 Å². The molecule has 2 aromatic carbocycles. The first kappa shape index (κ1) is 14.9. The SMILES string of the molecule is COC(=O)c1ccc(N)c(N(C)c2ccc(C)cc2C)c1. The normalized spacial score (nSPS) is 10.3. The summed E-state index contributed by atoms with van der Waals surface area (Å²) < 4.78 is 4.76. The van der Waals surface area contributed by atoms with Gasteiger partial charge >= 0.3 is 5.97 Å². The van der Waals surface area contributed by atoms with E-state index in [2.05, 4.69) is 32.0 Å². The zero-order valence-electron chi connectivity index (χ0n) is 12.8. The zero-order chi connectivity index (χ0) is 15.6. The summed E-state index contributed by atoms with van der Waals surface area (Å²) in [5.74, 6) is -0.370. The second-order valence-electron chi connectivity index (χ2n) is 5.11. The lowest BCUT2D eigenvalue weighted by atomic mass is 10.1. The van der Waals surface area contributed by atoms with Gasteiger partial charge in [-0.2, -0.15) is 0 Å². The molecule has 0 bridgehead atoms. The van der Waals surface area contributed by atoms with Crippen LogP contribution in [0.5, 0.6) is 0 Å². The summed E-state index contributed by atoms with van der Waals surface area (Å²) in [6, 6.07) is 11.4. The minimum atomic E-state index is -0.370. The van der Waals surface area contributed by atoms with Gasteiger partial charge in [0.1, 0.15) is 0 Å². The summed E-state index contributed by atoms with van der Waals surface area (Å²) >= 11 is 0. The molecule has 0 radical (unpaired) electrons. The summed E-state index contributed by atoms with van der Waals surface area (Å²) in [6.07, 6.45) is 0. The Morgan fingerprint density at radius 3 is 2.43 bits per heavy atom. The first-order valence-corrected chi connectivity index (χ1v) is 6.73. The van der Waals surface area contributed by atoms with E-state index < -0.39 is 0 Å². The highest BCUT2D eigenvalue weighted by atomic mass is 16.5. The molecule has 2 N–H and O–H groups in total. The van der Waals surface area contributed by atoms with E-state index in [1.165, 1.54) is 12.7 Å². The molecule has 0 amide bonds. The fourth-order valence-electron chi connectivity index (χ4n) is 2.39. The highest BCUT2D eigenvalue weighted by Gasteiger charge is 2.14. The van der Waals surface area contributed by atoms with Crippen LogP contribution in [0.4, 0.5) is 17.1 Å². The summed E-state index contributed by atoms with van der Waals surface area (Å²) in [5.41, 5.74) is 11.4. The molecule has 2 aromatic rings. The summed E-state index contributed by atoms with van der Waals surface area (Å²) in [4.78, 5) is 13.6. The average molecular weight is 284 g/mol. The Bertz CT molecular complexity index is 680. The number of benzene rings is 2. The lowest BCUT2D eigenvalue weighted by molar-refractivity contribution is 0.0601. The number of hydrogen-bond donors (Lipinski definition) is 1. The van der Waals surface area contributed by atoms with Crippen molar-refractivity contribution in [1.82, 2.24) is 0 Å². The maximum atomic E-state index is 11.7. The maximum absolute atomic E-state index is 11.7. The summed E-state index contributed by atoms with van der Waals surface area (Å²) in [7, 11) is 3.30. The molecule has 0 saturated heterocycles. The van der Waals surface area contributed by atoms with Crippen LogP contribution < -0.4 is 10.6 Å². The van der Waals surface area contributed by atoms with Crippen molar-refractivity contribution in [3.8, 4) is 0 Å². The molecule has 21 heavy (non-hydrogen) atoms. The van der Waals surface area contributed by atoms with Crippen molar-refractivity contribution in [1.29, 1.82) is 0 Å². The molecule has 0 aromatic heterocycles. The van der Waals surface area contributed by atoms with Gasteiger partial charge in [-0.1, -0.05) is 17.7 Å². The Hall–Kier alpha value is -2.49. The average Bonchev–Trinajstić information content (AvgIpc) is 2.46. The molecule has 4 heteroatoms. The lowest BCUT2D eigenvalue weighted by Gasteiger charge is -2.24. The topological polar surface area (TPSA) is 55.6 Å². The van der Waals surface area contributed by atoms with Gasteiger partial charge in [0, 0.05) is 12.7 Å². The molecule has 0 aliphatic rings. The minimum absolute atomic E-state index is 0.370. The summed E-state index contributed by atoms with van der Waals surface area (Å²) in [6.45, 7) is 4.11. The van der Waals surface area contributed by atoms with Crippen LogP contribution in [-0.4, -0.2) is 20.1 Å².